The number of ether oxygens (including phenoxy) is 1. The van der Waals surface area contributed by atoms with E-state index in [1.807, 2.05) is 6.07 Å². The van der Waals surface area contributed by atoms with Crippen LogP contribution in [0.5, 0.6) is 0 Å². The number of fused-ring (bicyclic) bond motifs is 1. The van der Waals surface area contributed by atoms with Crippen molar-refractivity contribution in [1.82, 2.24) is 0 Å². The molecule has 0 radical (unpaired) electrons. The molecule has 94 valence electrons. The molecular formula is C13H9BrCl2OS. The number of thiophene rings is 1. The summed E-state index contributed by atoms with van der Waals surface area (Å²) in [5, 5.41) is 0. The van der Waals surface area contributed by atoms with Crippen molar-refractivity contribution in [1.29, 1.82) is 0 Å². The first-order valence-corrected chi connectivity index (χ1v) is 7.92. The van der Waals surface area contributed by atoms with Crippen molar-refractivity contribution in [2.45, 2.75) is 18.0 Å². The average Bonchev–Trinajstić information content (AvgIpc) is 2.93. The SMILES string of the molecule is Clc1cc(C(Br)c2ccc3c(c2)COC3)c(Cl)s1. The lowest BCUT2D eigenvalue weighted by Crippen LogP contribution is -1.93. The van der Waals surface area contributed by atoms with E-state index in [1.54, 1.807) is 0 Å². The van der Waals surface area contributed by atoms with Crippen LogP contribution < -0.4 is 0 Å². The predicted molar refractivity (Wildman–Crippen MR) is 80.0 cm³/mol. The van der Waals surface area contributed by atoms with Gasteiger partial charge in [-0.2, -0.15) is 0 Å². The first-order valence-electron chi connectivity index (χ1n) is 5.43. The van der Waals surface area contributed by atoms with E-state index >= 15 is 0 Å². The molecule has 3 rings (SSSR count). The quantitative estimate of drug-likeness (QED) is 0.633. The smallest absolute Gasteiger partial charge is 0.0990 e. The zero-order chi connectivity index (χ0) is 12.7. The van der Waals surface area contributed by atoms with Crippen molar-refractivity contribution < 1.29 is 4.74 Å². The molecule has 1 atom stereocenters. The predicted octanol–water partition coefficient (Wildman–Crippen LogP) is 5.57. The Morgan fingerprint density at radius 1 is 1.17 bits per heavy atom. The summed E-state index contributed by atoms with van der Waals surface area (Å²) in [4.78, 5) is 0.0691. The molecule has 1 unspecified atom stereocenters. The molecule has 5 heteroatoms. The third-order valence-corrected chi connectivity index (χ3v) is 5.53. The van der Waals surface area contributed by atoms with Gasteiger partial charge in [-0.05, 0) is 22.8 Å². The Kier molecular flexibility index (Phi) is 3.70. The van der Waals surface area contributed by atoms with Crippen LogP contribution >= 0.6 is 50.5 Å². The third-order valence-electron chi connectivity index (χ3n) is 2.99. The second kappa shape index (κ2) is 5.14. The number of hydrogen-bond donors (Lipinski definition) is 0. The van der Waals surface area contributed by atoms with Gasteiger partial charge in [-0.1, -0.05) is 57.3 Å². The molecule has 1 aliphatic rings. The highest BCUT2D eigenvalue weighted by Gasteiger charge is 2.19. The summed E-state index contributed by atoms with van der Waals surface area (Å²) in [6.45, 7) is 1.41. The third kappa shape index (κ3) is 2.35. The van der Waals surface area contributed by atoms with Crippen LogP contribution in [-0.4, -0.2) is 0 Å². The maximum atomic E-state index is 6.19. The molecule has 2 heterocycles. The molecule has 0 fully saturated rings. The van der Waals surface area contributed by atoms with Gasteiger partial charge in [0.05, 0.1) is 26.7 Å². The first kappa shape index (κ1) is 12.9. The van der Waals surface area contributed by atoms with Crippen LogP contribution in [0.4, 0.5) is 0 Å². The average molecular weight is 364 g/mol. The van der Waals surface area contributed by atoms with Crippen molar-refractivity contribution in [3.05, 3.63) is 55.2 Å². The molecule has 0 amide bonds. The standard InChI is InChI=1S/C13H9BrCl2OS/c14-12(10-4-11(15)18-13(10)16)7-1-2-8-5-17-6-9(8)3-7/h1-4,12H,5-6H2. The summed E-state index contributed by atoms with van der Waals surface area (Å²) in [6, 6.07) is 8.31. The van der Waals surface area contributed by atoms with E-state index in [2.05, 4.69) is 34.1 Å². The molecule has 0 saturated carbocycles. The molecule has 0 bridgehead atoms. The van der Waals surface area contributed by atoms with Crippen LogP contribution in [0.1, 0.15) is 27.1 Å². The van der Waals surface area contributed by atoms with Crippen molar-refractivity contribution in [2.24, 2.45) is 0 Å². The van der Waals surface area contributed by atoms with Crippen LogP contribution in [0.2, 0.25) is 8.67 Å². The van der Waals surface area contributed by atoms with Crippen molar-refractivity contribution >= 4 is 50.5 Å². The van der Waals surface area contributed by atoms with E-state index in [4.69, 9.17) is 27.9 Å². The van der Waals surface area contributed by atoms with Gasteiger partial charge in [0.1, 0.15) is 0 Å². The first-order chi connectivity index (χ1) is 8.65. The van der Waals surface area contributed by atoms with Crippen LogP contribution in [0.25, 0.3) is 0 Å². The van der Waals surface area contributed by atoms with Crippen LogP contribution in [0, 0.1) is 0 Å². The zero-order valence-corrected chi connectivity index (χ0v) is 13.2. The zero-order valence-electron chi connectivity index (χ0n) is 9.25. The van der Waals surface area contributed by atoms with Gasteiger partial charge in [-0.3, -0.25) is 0 Å². The fraction of sp³-hybridized carbons (Fsp3) is 0.231. The van der Waals surface area contributed by atoms with Gasteiger partial charge in [-0.15, -0.1) is 11.3 Å². The lowest BCUT2D eigenvalue weighted by atomic mass is 10.0. The van der Waals surface area contributed by atoms with Crippen LogP contribution in [0.3, 0.4) is 0 Å². The summed E-state index contributed by atoms with van der Waals surface area (Å²) < 4.78 is 6.87. The maximum Gasteiger partial charge on any atom is 0.0990 e. The summed E-state index contributed by atoms with van der Waals surface area (Å²) in [6.07, 6.45) is 0. The minimum absolute atomic E-state index is 0.0691. The van der Waals surface area contributed by atoms with E-state index in [-0.39, 0.29) is 4.83 Å². The Labute approximate surface area is 128 Å². The van der Waals surface area contributed by atoms with Gasteiger partial charge in [0.15, 0.2) is 0 Å². The van der Waals surface area contributed by atoms with Gasteiger partial charge in [0, 0.05) is 5.56 Å². The lowest BCUT2D eigenvalue weighted by molar-refractivity contribution is 0.134. The second-order valence-electron chi connectivity index (χ2n) is 4.16. The molecule has 2 aromatic rings. The fourth-order valence-corrected chi connectivity index (χ4v) is 4.52. The summed E-state index contributed by atoms with van der Waals surface area (Å²) in [5.74, 6) is 0. The maximum absolute atomic E-state index is 6.19. The van der Waals surface area contributed by atoms with Crippen LogP contribution in [-0.2, 0) is 18.0 Å². The van der Waals surface area contributed by atoms with Crippen molar-refractivity contribution in [2.75, 3.05) is 0 Å². The summed E-state index contributed by atoms with van der Waals surface area (Å²) in [5.41, 5.74) is 4.73. The minimum atomic E-state index is 0.0691. The van der Waals surface area contributed by atoms with Gasteiger partial charge in [-0.25, -0.2) is 0 Å². The van der Waals surface area contributed by atoms with E-state index < -0.39 is 0 Å². The number of hydrogen-bond acceptors (Lipinski definition) is 2. The lowest BCUT2D eigenvalue weighted by Gasteiger charge is -2.10. The highest BCUT2D eigenvalue weighted by Crippen LogP contribution is 2.42. The molecule has 0 spiro atoms. The minimum Gasteiger partial charge on any atom is -0.372 e. The highest BCUT2D eigenvalue weighted by atomic mass is 79.9. The number of rotatable bonds is 2. The number of alkyl halides is 1. The molecular weight excluding hydrogens is 355 g/mol. The monoisotopic (exact) mass is 362 g/mol. The van der Waals surface area contributed by atoms with Crippen LogP contribution in [0.15, 0.2) is 24.3 Å². The molecule has 0 aliphatic carbocycles. The molecule has 1 aromatic heterocycles. The number of halogens is 3. The molecule has 0 saturated heterocycles. The topological polar surface area (TPSA) is 9.23 Å². The fourth-order valence-electron chi connectivity index (χ4n) is 2.05. The van der Waals surface area contributed by atoms with E-state index in [9.17, 15) is 0 Å². The van der Waals surface area contributed by atoms with Crippen molar-refractivity contribution in [3.8, 4) is 0 Å². The molecule has 1 nitrogen and oxygen atoms in total. The van der Waals surface area contributed by atoms with E-state index in [0.717, 1.165) is 9.90 Å². The van der Waals surface area contributed by atoms with E-state index in [0.29, 0.717) is 17.6 Å². The van der Waals surface area contributed by atoms with Gasteiger partial charge in [0.2, 0.25) is 0 Å². The largest absolute Gasteiger partial charge is 0.372 e. The van der Waals surface area contributed by atoms with E-state index in [1.165, 1.54) is 28.0 Å². The van der Waals surface area contributed by atoms with Gasteiger partial charge in [0.25, 0.3) is 0 Å². The Bertz CT molecular complexity index is 597. The Morgan fingerprint density at radius 2 is 1.94 bits per heavy atom. The second-order valence-corrected chi connectivity index (χ2v) is 7.36. The molecule has 18 heavy (non-hydrogen) atoms. The highest BCUT2D eigenvalue weighted by molar-refractivity contribution is 9.09. The molecule has 1 aliphatic heterocycles. The van der Waals surface area contributed by atoms with Crippen molar-refractivity contribution in [3.63, 3.8) is 0 Å². The van der Waals surface area contributed by atoms with Gasteiger partial charge < -0.3 is 4.74 Å². The molecule has 0 N–H and O–H groups in total. The summed E-state index contributed by atoms with van der Waals surface area (Å²) >= 11 is 17.3. The Hall–Kier alpha value is -0.0600. The Balaban J connectivity index is 1.97. The Morgan fingerprint density at radius 3 is 2.67 bits per heavy atom. The number of benzene rings is 1. The van der Waals surface area contributed by atoms with Gasteiger partial charge >= 0.3 is 0 Å². The summed E-state index contributed by atoms with van der Waals surface area (Å²) in [7, 11) is 0. The normalized spacial score (nSPS) is 15.7. The molecule has 1 aromatic carbocycles.